The molecule has 0 aromatic heterocycles. The number of hydrogen-bond acceptors (Lipinski definition) is 4. The number of nitriles is 1. The molecule has 0 rings (SSSR count). The molecule has 7 nitrogen and oxygen atoms in total. The minimum absolute atomic E-state index is 0. The Bertz CT molecular complexity index is 204. The van der Waals surface area contributed by atoms with E-state index in [2.05, 4.69) is 0 Å². The van der Waals surface area contributed by atoms with Crippen LogP contribution in [0.5, 0.6) is 0 Å². The summed E-state index contributed by atoms with van der Waals surface area (Å²) >= 11 is 0. The number of carboxylic acids is 3. The van der Waals surface area contributed by atoms with Crippen LogP contribution in [0, 0.1) is 11.3 Å². The van der Waals surface area contributed by atoms with Crippen molar-refractivity contribution in [1.29, 1.82) is 5.26 Å². The molecule has 0 spiro atoms. The van der Waals surface area contributed by atoms with E-state index in [4.69, 9.17) is 35.0 Å². The molecule has 0 unspecified atom stereocenters. The van der Waals surface area contributed by atoms with Crippen LogP contribution in [0.1, 0.15) is 13.8 Å². The average molecular weight is 239 g/mol. The maximum atomic E-state index is 9.01. The summed E-state index contributed by atoms with van der Waals surface area (Å²) in [7, 11) is 0. The Balaban J connectivity index is -0.0000000315. The van der Waals surface area contributed by atoms with E-state index in [0.717, 1.165) is 19.9 Å². The van der Waals surface area contributed by atoms with Gasteiger partial charge in [-0.2, -0.15) is 5.26 Å². The van der Waals surface area contributed by atoms with Crippen molar-refractivity contribution in [3.63, 3.8) is 0 Å². The van der Waals surface area contributed by atoms with Crippen molar-refractivity contribution in [3.8, 4) is 6.07 Å². The summed E-state index contributed by atoms with van der Waals surface area (Å²) in [6.45, 7) is 2.17. The average Bonchev–Trinajstić information content (AvgIpc) is 1.84. The van der Waals surface area contributed by atoms with Crippen molar-refractivity contribution in [3.05, 3.63) is 0 Å². The molecule has 0 aromatic carbocycles. The second-order valence-corrected chi connectivity index (χ2v) is 1.45. The predicted molar refractivity (Wildman–Crippen MR) is 54.2 cm³/mol. The Morgan fingerprint density at radius 3 is 1.00 bits per heavy atom. The molecule has 3 N–H and O–H groups in total. The normalized spacial score (nSPS) is 5.13. The van der Waals surface area contributed by atoms with E-state index in [1.807, 2.05) is 0 Å². The fourth-order valence-corrected chi connectivity index (χ4v) is 0. The Morgan fingerprint density at radius 1 is 0.933 bits per heavy atom. The predicted octanol–water partition coefficient (Wildman–Crippen LogP) is -1.52. The number of rotatable bonds is 0. The molecule has 0 aliphatic heterocycles. The molecule has 0 saturated heterocycles. The first-order valence-corrected chi connectivity index (χ1v) is 2.76. The van der Waals surface area contributed by atoms with Gasteiger partial charge in [-0.15, -0.1) is 0 Å². The van der Waals surface area contributed by atoms with Gasteiger partial charge >= 0.3 is 65.1 Å². The van der Waals surface area contributed by atoms with Gasteiger partial charge in [0, 0.05) is 13.8 Å². The van der Waals surface area contributed by atoms with Crippen LogP contribution in [-0.4, -0.2) is 92.3 Å². The van der Waals surface area contributed by atoms with Crippen LogP contribution in [0.4, 0.5) is 0 Å². The summed E-state index contributed by atoms with van der Waals surface area (Å²) in [4.78, 5) is 27.0. The first-order chi connectivity index (χ1) is 5.73. The summed E-state index contributed by atoms with van der Waals surface area (Å²) in [5.41, 5.74) is 0. The molecular weight excluding hydrogens is 228 g/mol. The van der Waals surface area contributed by atoms with Gasteiger partial charge in [-0.05, 0) is 0 Å². The monoisotopic (exact) mass is 239 g/mol. The van der Waals surface area contributed by atoms with E-state index in [0.29, 0.717) is 0 Å². The molecule has 15 heavy (non-hydrogen) atoms. The zero-order chi connectivity index (χ0) is 11.4. The van der Waals surface area contributed by atoms with Crippen LogP contribution in [0.2, 0.25) is 0 Å². The molecule has 0 bridgehead atoms. The van der Waals surface area contributed by atoms with Crippen molar-refractivity contribution in [1.82, 2.24) is 0 Å². The molecule has 0 amide bonds. The fraction of sp³-hybridized carbons (Fsp3) is 0.333. The summed E-state index contributed by atoms with van der Waals surface area (Å²) in [6, 6.07) is 0.944. The third-order valence-corrected chi connectivity index (χ3v) is 0.0956. The van der Waals surface area contributed by atoms with Crippen molar-refractivity contribution in [2.24, 2.45) is 0 Å². The fourth-order valence-electron chi connectivity index (χ4n) is 0. The second-order valence-electron chi connectivity index (χ2n) is 1.45. The van der Waals surface area contributed by atoms with Crippen molar-refractivity contribution in [2.75, 3.05) is 0 Å². The van der Waals surface area contributed by atoms with Crippen molar-refractivity contribution >= 4 is 77.0 Å². The van der Waals surface area contributed by atoms with E-state index in [1.54, 1.807) is 0 Å². The molecule has 0 saturated carbocycles. The number of aliphatic carboxylic acids is 3. The topological polar surface area (TPSA) is 136 Å². The molecule has 0 radical (unpaired) electrons. The zero-order valence-electron chi connectivity index (χ0n) is 7.01. The molecular formula is C6H11NNa2O6. The summed E-state index contributed by atoms with van der Waals surface area (Å²) < 4.78 is 0. The molecule has 0 atom stereocenters. The number of carbonyl (C=O) groups is 3. The molecule has 0 aromatic rings. The van der Waals surface area contributed by atoms with Crippen LogP contribution in [0.15, 0.2) is 0 Å². The Kier molecular flexibility index (Phi) is 46.2. The van der Waals surface area contributed by atoms with E-state index in [9.17, 15) is 0 Å². The maximum absolute atomic E-state index is 9.01. The summed E-state index contributed by atoms with van der Waals surface area (Å²) in [6.07, 6.45) is 0. The second kappa shape index (κ2) is 23.6. The van der Waals surface area contributed by atoms with Gasteiger partial charge in [-0.25, -0.2) is 4.79 Å². The van der Waals surface area contributed by atoms with Crippen LogP contribution < -0.4 is 0 Å². The van der Waals surface area contributed by atoms with Gasteiger partial charge < -0.3 is 15.3 Å². The SMILES string of the molecule is CC(=O)O.CC(=O)O.N#CC(=O)O.[NaH].[NaH]. The van der Waals surface area contributed by atoms with Gasteiger partial charge in [0.2, 0.25) is 0 Å². The minimum atomic E-state index is -1.44. The molecule has 0 aliphatic carbocycles. The zero-order valence-corrected chi connectivity index (χ0v) is 7.01. The van der Waals surface area contributed by atoms with E-state index >= 15 is 0 Å². The molecule has 0 heterocycles. The van der Waals surface area contributed by atoms with Crippen LogP contribution in [0.3, 0.4) is 0 Å². The Morgan fingerprint density at radius 2 is 1.00 bits per heavy atom. The van der Waals surface area contributed by atoms with E-state index in [1.165, 1.54) is 0 Å². The van der Waals surface area contributed by atoms with Gasteiger partial charge in [-0.1, -0.05) is 0 Å². The Hall–Kier alpha value is -0.100. The number of hydrogen-bond donors (Lipinski definition) is 3. The first kappa shape index (κ1) is 29.4. The third-order valence-electron chi connectivity index (χ3n) is 0.0956. The molecule has 0 aliphatic rings. The van der Waals surface area contributed by atoms with Gasteiger partial charge in [0.25, 0.3) is 11.9 Å². The quantitative estimate of drug-likeness (QED) is 0.265. The molecule has 78 valence electrons. The van der Waals surface area contributed by atoms with Crippen LogP contribution in [0.25, 0.3) is 0 Å². The third kappa shape index (κ3) is 545. The Labute approximate surface area is 131 Å². The molecule has 0 fully saturated rings. The van der Waals surface area contributed by atoms with Gasteiger partial charge in [0.1, 0.15) is 0 Å². The number of nitrogens with zero attached hydrogens (tertiary/aromatic N) is 1. The first-order valence-electron chi connectivity index (χ1n) is 2.76. The summed E-state index contributed by atoms with van der Waals surface area (Å²) in [5.74, 6) is -3.11. The van der Waals surface area contributed by atoms with Crippen LogP contribution in [-0.2, 0) is 14.4 Å². The number of carboxylic acid groups (broad SMARTS) is 3. The van der Waals surface area contributed by atoms with Crippen molar-refractivity contribution in [2.45, 2.75) is 13.8 Å². The summed E-state index contributed by atoms with van der Waals surface area (Å²) in [5, 5.41) is 29.5. The van der Waals surface area contributed by atoms with Gasteiger partial charge in [-0.3, -0.25) is 9.59 Å². The van der Waals surface area contributed by atoms with Gasteiger partial charge in [0.05, 0.1) is 0 Å². The van der Waals surface area contributed by atoms with Crippen LogP contribution >= 0.6 is 0 Å². The van der Waals surface area contributed by atoms with E-state index in [-0.39, 0.29) is 59.1 Å². The van der Waals surface area contributed by atoms with Crippen molar-refractivity contribution < 1.29 is 29.7 Å². The standard InChI is InChI=1S/C2HNO2.2C2H4O2.2Na.2H/c3-1-2(4)5;2*1-2(3)4;;;;/h(H,4,5);2*1H3,(H,3,4);;;;. The van der Waals surface area contributed by atoms with Gasteiger partial charge in [0.15, 0.2) is 6.07 Å². The van der Waals surface area contributed by atoms with E-state index < -0.39 is 17.9 Å². The molecule has 9 heteroatoms.